The maximum atomic E-state index is 7.50. The molecular formula is C24H48N2. The number of rotatable bonds is 7. The molecule has 2 heteroatoms. The molecule has 1 aliphatic rings. The van der Waals surface area contributed by atoms with Gasteiger partial charge in [0.1, 0.15) is 0 Å². The summed E-state index contributed by atoms with van der Waals surface area (Å²) in [6.07, 6.45) is 1.30. The Hall–Kier alpha value is -0.400. The van der Waals surface area contributed by atoms with Gasteiger partial charge in [-0.25, -0.2) is 5.53 Å². The molecular weight excluding hydrogens is 316 g/mol. The Morgan fingerprint density at radius 2 is 1.38 bits per heavy atom. The van der Waals surface area contributed by atoms with Crippen LogP contribution in [0.2, 0.25) is 0 Å². The van der Waals surface area contributed by atoms with Crippen molar-refractivity contribution >= 4 is 0 Å². The van der Waals surface area contributed by atoms with Crippen molar-refractivity contribution < 1.29 is 0 Å². The zero-order valence-corrected chi connectivity index (χ0v) is 20.1. The van der Waals surface area contributed by atoms with Gasteiger partial charge in [-0.15, -0.1) is 0 Å². The van der Waals surface area contributed by atoms with E-state index in [9.17, 15) is 0 Å². The third-order valence-corrected chi connectivity index (χ3v) is 10.3. The van der Waals surface area contributed by atoms with Crippen LogP contribution in [0.5, 0.6) is 0 Å². The molecule has 0 aromatic heterocycles. The molecule has 0 aliphatic heterocycles. The van der Waals surface area contributed by atoms with Crippen molar-refractivity contribution in [3.63, 3.8) is 0 Å². The molecule has 1 fully saturated rings. The predicted molar refractivity (Wildman–Crippen MR) is 114 cm³/mol. The summed E-state index contributed by atoms with van der Waals surface area (Å²) in [4.78, 5) is 0. The first-order valence-corrected chi connectivity index (χ1v) is 10.8. The maximum Gasteiger partial charge on any atom is 0.0705 e. The number of nitrogens with zero attached hydrogens (tertiary/aromatic N) is 1. The van der Waals surface area contributed by atoms with Crippen molar-refractivity contribution in [1.82, 2.24) is 0 Å². The van der Waals surface area contributed by atoms with E-state index in [2.05, 4.69) is 95.1 Å². The maximum absolute atomic E-state index is 7.50. The fourth-order valence-electron chi connectivity index (χ4n) is 6.17. The fraction of sp³-hybridized carbons (Fsp3) is 1.00. The van der Waals surface area contributed by atoms with Crippen molar-refractivity contribution in [2.24, 2.45) is 56.4 Å². The molecule has 1 saturated carbocycles. The number of hydrogen-bond acceptors (Lipinski definition) is 2. The Morgan fingerprint density at radius 3 is 1.73 bits per heavy atom. The summed E-state index contributed by atoms with van der Waals surface area (Å²) < 4.78 is 0. The lowest BCUT2D eigenvalue weighted by molar-refractivity contribution is -0.178. The summed E-state index contributed by atoms with van der Waals surface area (Å²) in [6.45, 7) is 31.4. The average Bonchev–Trinajstić information content (AvgIpc) is 2.54. The molecule has 0 bridgehead atoms. The highest BCUT2D eigenvalue weighted by Gasteiger charge is 2.60. The van der Waals surface area contributed by atoms with Gasteiger partial charge in [-0.3, -0.25) is 0 Å². The quantitative estimate of drug-likeness (QED) is 0.443. The molecule has 0 aromatic rings. The van der Waals surface area contributed by atoms with Crippen LogP contribution >= 0.6 is 0 Å². The smallest absolute Gasteiger partial charge is 0.0705 e. The second-order valence-electron chi connectivity index (χ2n) is 12.0. The Bertz CT molecular complexity index is 499. The first-order valence-electron chi connectivity index (χ1n) is 10.8. The van der Waals surface area contributed by atoms with Crippen LogP contribution in [0.3, 0.4) is 0 Å². The van der Waals surface area contributed by atoms with Crippen molar-refractivity contribution in [3.8, 4) is 0 Å². The van der Waals surface area contributed by atoms with E-state index in [1.807, 2.05) is 0 Å². The Balaban J connectivity index is 3.16. The molecule has 154 valence electrons. The summed E-state index contributed by atoms with van der Waals surface area (Å²) >= 11 is 0. The number of nitrogens with one attached hydrogen (secondary N) is 1. The molecule has 1 aliphatic carbocycles. The van der Waals surface area contributed by atoms with Gasteiger partial charge in [0, 0.05) is 0 Å². The molecule has 0 saturated heterocycles. The molecule has 26 heavy (non-hydrogen) atoms. The topological polar surface area (TPSA) is 36.2 Å². The molecule has 7 atom stereocenters. The first kappa shape index (κ1) is 23.6. The summed E-state index contributed by atoms with van der Waals surface area (Å²) in [6, 6.07) is 0.0943. The van der Waals surface area contributed by atoms with Gasteiger partial charge in [-0.05, 0) is 64.6 Å². The van der Waals surface area contributed by atoms with Crippen LogP contribution in [0.15, 0.2) is 5.11 Å². The van der Waals surface area contributed by atoms with Gasteiger partial charge >= 0.3 is 0 Å². The summed E-state index contributed by atoms with van der Waals surface area (Å²) in [7, 11) is 0. The van der Waals surface area contributed by atoms with Gasteiger partial charge in [0.15, 0.2) is 0 Å². The van der Waals surface area contributed by atoms with Crippen LogP contribution in [0, 0.1) is 56.8 Å². The minimum atomic E-state index is 0.0943. The molecule has 0 aromatic carbocycles. The highest BCUT2D eigenvalue weighted by atomic mass is 15.0. The molecule has 7 unspecified atom stereocenters. The van der Waals surface area contributed by atoms with Crippen molar-refractivity contribution in [3.05, 3.63) is 0 Å². The van der Waals surface area contributed by atoms with Crippen LogP contribution in [-0.4, -0.2) is 6.04 Å². The van der Waals surface area contributed by atoms with Crippen LogP contribution in [0.25, 0.3) is 0 Å². The summed E-state index contributed by atoms with van der Waals surface area (Å²) in [5, 5.41) is 3.86. The predicted octanol–water partition coefficient (Wildman–Crippen LogP) is 8.07. The van der Waals surface area contributed by atoms with Crippen molar-refractivity contribution in [1.29, 1.82) is 5.53 Å². The van der Waals surface area contributed by atoms with E-state index in [-0.39, 0.29) is 16.9 Å². The second-order valence-corrected chi connectivity index (χ2v) is 12.0. The lowest BCUT2D eigenvalue weighted by Crippen LogP contribution is -2.60. The lowest BCUT2D eigenvalue weighted by atomic mass is 9.39. The Labute approximate surface area is 164 Å². The van der Waals surface area contributed by atoms with E-state index in [0.29, 0.717) is 28.6 Å². The molecule has 1 rings (SSSR count). The first-order chi connectivity index (χ1) is 11.5. The molecule has 1 N–H and O–H groups in total. The summed E-state index contributed by atoms with van der Waals surface area (Å²) in [5.41, 5.74) is 8.75. The van der Waals surface area contributed by atoms with Crippen LogP contribution in [-0.2, 0) is 0 Å². The third kappa shape index (κ3) is 3.39. The van der Waals surface area contributed by atoms with E-state index >= 15 is 0 Å². The largest absolute Gasteiger partial charge is 0.210 e. The zero-order valence-electron chi connectivity index (χ0n) is 20.1. The van der Waals surface area contributed by atoms with E-state index in [4.69, 9.17) is 5.53 Å². The van der Waals surface area contributed by atoms with Gasteiger partial charge in [0.05, 0.1) is 6.04 Å². The Morgan fingerprint density at radius 1 is 0.923 bits per heavy atom. The molecule has 0 radical (unpaired) electrons. The van der Waals surface area contributed by atoms with E-state index < -0.39 is 0 Å². The van der Waals surface area contributed by atoms with Crippen LogP contribution in [0.1, 0.15) is 96.4 Å². The monoisotopic (exact) mass is 364 g/mol. The van der Waals surface area contributed by atoms with E-state index in [1.165, 1.54) is 6.42 Å². The minimum Gasteiger partial charge on any atom is -0.210 e. The molecule has 0 amide bonds. The van der Waals surface area contributed by atoms with E-state index in [0.717, 1.165) is 11.8 Å². The Kier molecular flexibility index (Phi) is 6.55. The van der Waals surface area contributed by atoms with Gasteiger partial charge in [0.2, 0.25) is 0 Å². The van der Waals surface area contributed by atoms with Gasteiger partial charge in [0.25, 0.3) is 0 Å². The van der Waals surface area contributed by atoms with Crippen LogP contribution < -0.4 is 0 Å². The van der Waals surface area contributed by atoms with Gasteiger partial charge < -0.3 is 0 Å². The fourth-order valence-corrected chi connectivity index (χ4v) is 6.17. The molecule has 2 nitrogen and oxygen atoms in total. The second kappa shape index (κ2) is 7.21. The summed E-state index contributed by atoms with van der Waals surface area (Å²) in [5.74, 6) is 3.14. The normalized spacial score (nSPS) is 31.9. The SMILES string of the molecule is CC(N=N)C(C)C(C)C(C)(C(C)CC1C(C)C(C)(C)C1(C)C)C(C)(C)C. The molecule has 0 heterocycles. The highest BCUT2D eigenvalue weighted by Crippen LogP contribution is 2.67. The van der Waals surface area contributed by atoms with Crippen LogP contribution in [0.4, 0.5) is 0 Å². The van der Waals surface area contributed by atoms with Crippen molar-refractivity contribution in [2.75, 3.05) is 0 Å². The molecule has 0 spiro atoms. The third-order valence-electron chi connectivity index (χ3n) is 10.3. The average molecular weight is 365 g/mol. The van der Waals surface area contributed by atoms with Crippen molar-refractivity contribution in [2.45, 2.75) is 102 Å². The van der Waals surface area contributed by atoms with Gasteiger partial charge in [-0.1, -0.05) is 83.1 Å². The zero-order chi connectivity index (χ0) is 20.9. The lowest BCUT2D eigenvalue weighted by Gasteiger charge is -2.66. The highest BCUT2D eigenvalue weighted by molar-refractivity contribution is 5.09. The standard InChI is InChI=1S/C24H48N2/c1-15(14-20-18(4)22(9,10)23(20,11)12)24(13,21(6,7)8)17(3)16(2)19(5)26-25/h15-20,25H,14H2,1-13H3. The van der Waals surface area contributed by atoms with E-state index in [1.54, 1.807) is 0 Å². The number of hydrogen-bond donors (Lipinski definition) is 1. The van der Waals surface area contributed by atoms with Gasteiger partial charge in [-0.2, -0.15) is 5.11 Å². The minimum absolute atomic E-state index is 0.0943.